The highest BCUT2D eigenvalue weighted by Gasteiger charge is 2.60. The van der Waals surface area contributed by atoms with Crippen molar-refractivity contribution in [3.63, 3.8) is 0 Å². The number of likely N-dealkylation sites (tertiary alicyclic amines) is 1. The Hall–Kier alpha value is -2.58. The molecule has 2 aromatic heterocycles. The Morgan fingerprint density at radius 1 is 1.12 bits per heavy atom. The number of piperidine rings is 1. The molecule has 3 atom stereocenters. The second-order valence-electron chi connectivity index (χ2n) is 11.0. The molecule has 1 amide bonds. The number of pyridine rings is 1. The van der Waals surface area contributed by atoms with Gasteiger partial charge in [-0.2, -0.15) is 13.2 Å². The van der Waals surface area contributed by atoms with Crippen LogP contribution in [0.5, 0.6) is 0 Å². The van der Waals surface area contributed by atoms with E-state index in [1.54, 1.807) is 64.8 Å². The van der Waals surface area contributed by atoms with Gasteiger partial charge in [0, 0.05) is 37.0 Å². The molecule has 0 N–H and O–H groups in total. The van der Waals surface area contributed by atoms with Crippen molar-refractivity contribution in [3.8, 4) is 0 Å². The number of ketones is 1. The van der Waals surface area contributed by atoms with Crippen molar-refractivity contribution in [2.75, 3.05) is 13.1 Å². The molecular formula is C24H30F3N3O3. The number of imidazole rings is 1. The minimum atomic E-state index is -4.59. The van der Waals surface area contributed by atoms with E-state index in [2.05, 4.69) is 4.98 Å². The lowest BCUT2D eigenvalue weighted by molar-refractivity contribution is -0.139. The maximum absolute atomic E-state index is 13.7. The average molecular weight is 466 g/mol. The minimum absolute atomic E-state index is 0.0109. The van der Waals surface area contributed by atoms with Crippen LogP contribution < -0.4 is 0 Å². The third-order valence-electron chi connectivity index (χ3n) is 6.57. The number of halogens is 3. The summed E-state index contributed by atoms with van der Waals surface area (Å²) < 4.78 is 47.9. The summed E-state index contributed by atoms with van der Waals surface area (Å²) in [5.41, 5.74) is -1.89. The SMILES string of the molecule is Cc1cccn2c(C(C)(C)CC(=O)C3[C@H]4CN(C(=O)OC(C)(C)C)C[C@@H]34)nc(C(F)(F)F)c12. The Bertz CT molecular complexity index is 1100. The Balaban J connectivity index is 1.49. The molecule has 1 saturated carbocycles. The summed E-state index contributed by atoms with van der Waals surface area (Å²) in [7, 11) is 0. The molecule has 0 spiro atoms. The van der Waals surface area contributed by atoms with Gasteiger partial charge in [0.05, 0.1) is 5.52 Å². The fourth-order valence-electron chi connectivity index (χ4n) is 5.09. The van der Waals surface area contributed by atoms with Crippen molar-refractivity contribution in [2.24, 2.45) is 17.8 Å². The number of aryl methyl sites for hydroxylation is 1. The number of carbonyl (C=O) groups excluding carboxylic acids is 2. The van der Waals surface area contributed by atoms with Crippen LogP contribution in [0, 0.1) is 24.7 Å². The average Bonchev–Trinajstić information content (AvgIpc) is 3.00. The Morgan fingerprint density at radius 3 is 2.27 bits per heavy atom. The molecule has 2 aliphatic rings. The van der Waals surface area contributed by atoms with E-state index in [9.17, 15) is 22.8 Å². The van der Waals surface area contributed by atoms with E-state index in [-0.39, 0.29) is 47.4 Å². The van der Waals surface area contributed by atoms with Gasteiger partial charge < -0.3 is 14.0 Å². The number of Topliss-reactive ketones (excluding diaryl/α,β-unsaturated/α-hetero) is 1. The third-order valence-corrected chi connectivity index (χ3v) is 6.57. The summed E-state index contributed by atoms with van der Waals surface area (Å²) in [4.78, 5) is 31.0. The first-order valence-electron chi connectivity index (χ1n) is 11.2. The number of aromatic nitrogens is 2. The van der Waals surface area contributed by atoms with Gasteiger partial charge in [-0.1, -0.05) is 19.9 Å². The summed E-state index contributed by atoms with van der Waals surface area (Å²) in [6, 6.07) is 3.30. The first-order chi connectivity index (χ1) is 15.1. The van der Waals surface area contributed by atoms with Crippen LogP contribution in [0.25, 0.3) is 5.52 Å². The number of alkyl halides is 3. The molecule has 2 aromatic rings. The lowest BCUT2D eigenvalue weighted by Gasteiger charge is -2.26. The number of nitrogens with zero attached hydrogens (tertiary/aromatic N) is 3. The van der Waals surface area contributed by atoms with Crippen molar-refractivity contribution in [3.05, 3.63) is 35.4 Å². The van der Waals surface area contributed by atoms with Crippen molar-refractivity contribution in [1.82, 2.24) is 14.3 Å². The van der Waals surface area contributed by atoms with Gasteiger partial charge in [0.1, 0.15) is 17.2 Å². The maximum atomic E-state index is 13.7. The molecule has 180 valence electrons. The molecule has 9 heteroatoms. The highest BCUT2D eigenvalue weighted by atomic mass is 19.4. The summed E-state index contributed by atoms with van der Waals surface area (Å²) in [6.07, 6.45) is -3.31. The number of hydrogen-bond donors (Lipinski definition) is 0. The predicted octanol–water partition coefficient (Wildman–Crippen LogP) is 5.01. The minimum Gasteiger partial charge on any atom is -0.444 e. The molecule has 1 aliphatic carbocycles. The number of hydrogen-bond acceptors (Lipinski definition) is 4. The van der Waals surface area contributed by atoms with E-state index < -0.39 is 22.9 Å². The lowest BCUT2D eigenvalue weighted by Crippen LogP contribution is -2.38. The molecule has 6 nitrogen and oxygen atoms in total. The van der Waals surface area contributed by atoms with Gasteiger partial charge in [0.15, 0.2) is 5.69 Å². The molecule has 0 bridgehead atoms. The molecule has 4 rings (SSSR count). The van der Waals surface area contributed by atoms with Crippen molar-refractivity contribution in [2.45, 2.75) is 65.2 Å². The largest absolute Gasteiger partial charge is 0.444 e. The number of carbonyl (C=O) groups is 2. The smallest absolute Gasteiger partial charge is 0.435 e. The summed E-state index contributed by atoms with van der Waals surface area (Å²) >= 11 is 0. The van der Waals surface area contributed by atoms with Gasteiger partial charge in [-0.3, -0.25) is 4.79 Å². The van der Waals surface area contributed by atoms with Crippen molar-refractivity contribution >= 4 is 17.4 Å². The molecule has 33 heavy (non-hydrogen) atoms. The van der Waals surface area contributed by atoms with Crippen LogP contribution >= 0.6 is 0 Å². The summed E-state index contributed by atoms with van der Waals surface area (Å²) in [5.74, 6) is 0.245. The standard InChI is InChI=1S/C24H30F3N3O3/c1-13-8-7-9-30-18(13)19(24(25,26)27)28-20(30)23(5,6)10-16(31)17-14-11-29(12-15(14)17)21(32)33-22(2,3)4/h7-9,14-15,17H,10-12H2,1-6H3/t14-,15+,17?. The molecule has 1 aliphatic heterocycles. The van der Waals surface area contributed by atoms with Crippen molar-refractivity contribution in [1.29, 1.82) is 0 Å². The summed E-state index contributed by atoms with van der Waals surface area (Å²) in [5, 5.41) is 0. The fraction of sp³-hybridized carbons (Fsp3) is 0.625. The zero-order valence-corrected chi connectivity index (χ0v) is 19.8. The molecule has 2 fully saturated rings. The van der Waals surface area contributed by atoms with E-state index in [0.717, 1.165) is 0 Å². The van der Waals surface area contributed by atoms with Gasteiger partial charge in [-0.05, 0) is 51.2 Å². The van der Waals surface area contributed by atoms with Crippen molar-refractivity contribution < 1.29 is 27.5 Å². The Morgan fingerprint density at radius 2 is 1.73 bits per heavy atom. The molecule has 1 unspecified atom stereocenters. The van der Waals surface area contributed by atoms with Gasteiger partial charge in [0.2, 0.25) is 0 Å². The van der Waals surface area contributed by atoms with E-state index in [0.29, 0.717) is 18.7 Å². The van der Waals surface area contributed by atoms with Gasteiger partial charge >= 0.3 is 12.3 Å². The Kier molecular flexibility index (Phi) is 5.33. The quantitative estimate of drug-likeness (QED) is 0.637. The first kappa shape index (κ1) is 23.6. The second kappa shape index (κ2) is 7.46. The zero-order chi connectivity index (χ0) is 24.5. The topological polar surface area (TPSA) is 63.9 Å². The van der Waals surface area contributed by atoms with E-state index in [1.165, 1.54) is 4.40 Å². The molecular weight excluding hydrogens is 435 g/mol. The highest BCUT2D eigenvalue weighted by molar-refractivity contribution is 5.86. The number of amides is 1. The van der Waals surface area contributed by atoms with E-state index in [1.807, 2.05) is 0 Å². The zero-order valence-electron chi connectivity index (χ0n) is 19.8. The third kappa shape index (κ3) is 4.34. The van der Waals surface area contributed by atoms with Gasteiger partial charge in [0.25, 0.3) is 0 Å². The number of ether oxygens (including phenoxy) is 1. The van der Waals surface area contributed by atoms with E-state index in [4.69, 9.17) is 4.74 Å². The summed E-state index contributed by atoms with van der Waals surface area (Å²) in [6.45, 7) is 11.5. The van der Waals surface area contributed by atoms with Crippen LogP contribution in [0.1, 0.15) is 58.1 Å². The monoisotopic (exact) mass is 465 g/mol. The lowest BCUT2D eigenvalue weighted by atomic mass is 9.84. The molecule has 1 saturated heterocycles. The molecule has 0 aromatic carbocycles. The predicted molar refractivity (Wildman–Crippen MR) is 116 cm³/mol. The number of rotatable bonds is 4. The van der Waals surface area contributed by atoms with Crippen LogP contribution in [-0.2, 0) is 21.1 Å². The van der Waals surface area contributed by atoms with Crippen LogP contribution in [0.2, 0.25) is 0 Å². The van der Waals surface area contributed by atoms with E-state index >= 15 is 0 Å². The normalized spacial score (nSPS) is 23.1. The first-order valence-corrected chi connectivity index (χ1v) is 11.2. The van der Waals surface area contributed by atoms with Crippen LogP contribution in [0.4, 0.5) is 18.0 Å². The Labute approximate surface area is 191 Å². The fourth-order valence-corrected chi connectivity index (χ4v) is 5.09. The van der Waals surface area contributed by atoms with Crippen LogP contribution in [0.15, 0.2) is 18.3 Å². The second-order valence-corrected chi connectivity index (χ2v) is 11.0. The van der Waals surface area contributed by atoms with Crippen LogP contribution in [-0.4, -0.2) is 44.9 Å². The highest BCUT2D eigenvalue weighted by Crippen LogP contribution is 2.53. The van der Waals surface area contributed by atoms with Crippen LogP contribution in [0.3, 0.4) is 0 Å². The van der Waals surface area contributed by atoms with Gasteiger partial charge in [-0.15, -0.1) is 0 Å². The maximum Gasteiger partial charge on any atom is 0.435 e. The molecule has 0 radical (unpaired) electrons. The number of fused-ring (bicyclic) bond motifs is 2. The molecule has 3 heterocycles. The van der Waals surface area contributed by atoms with Gasteiger partial charge in [-0.25, -0.2) is 9.78 Å².